The number of hydrogen-bond donors (Lipinski definition) is 2. The lowest BCUT2D eigenvalue weighted by Gasteiger charge is -2.37. The zero-order chi connectivity index (χ0) is 18.1. The van der Waals surface area contributed by atoms with Crippen molar-refractivity contribution in [1.29, 1.82) is 5.41 Å². The maximum Gasteiger partial charge on any atom is 0.240 e. The van der Waals surface area contributed by atoms with Gasteiger partial charge in [-0.2, -0.15) is 0 Å². The molecule has 7 heteroatoms. The number of nitrogens with zero attached hydrogens (tertiary/aromatic N) is 1. The largest absolute Gasteiger partial charge is 0.497 e. The van der Waals surface area contributed by atoms with Gasteiger partial charge >= 0.3 is 0 Å². The molecule has 2 atom stereocenters. The van der Waals surface area contributed by atoms with E-state index in [-0.39, 0.29) is 23.4 Å². The molecular formula is C18H23N3O3S. The van der Waals surface area contributed by atoms with Crippen LogP contribution in [0.15, 0.2) is 18.2 Å². The molecule has 3 rings (SSSR count). The summed E-state index contributed by atoms with van der Waals surface area (Å²) >= 11 is 1.12. The van der Waals surface area contributed by atoms with Crippen LogP contribution in [0, 0.1) is 17.2 Å². The maximum absolute atomic E-state index is 12.9. The second kappa shape index (κ2) is 7.07. The number of carbonyl (C=O) groups is 2. The summed E-state index contributed by atoms with van der Waals surface area (Å²) in [5.41, 5.74) is 2.01. The first-order chi connectivity index (χ1) is 11.9. The van der Waals surface area contributed by atoms with Gasteiger partial charge < -0.3 is 15.0 Å². The third-order valence-corrected chi connectivity index (χ3v) is 5.87. The van der Waals surface area contributed by atoms with Gasteiger partial charge in [0, 0.05) is 18.7 Å². The standard InChI is InChI=1S/C18H23N3O3S/c1-10(2)12-6-11-7-13(24-3)4-5-14(11)21(9-12)16(22)8-15-17(23)20-18(19)25-15/h4-5,7,10,12,15H,6,8-9H2,1-3H3,(H2,19,20,23). The Morgan fingerprint density at radius 1 is 1.48 bits per heavy atom. The van der Waals surface area contributed by atoms with Gasteiger partial charge in [0.25, 0.3) is 0 Å². The van der Waals surface area contributed by atoms with Crippen molar-refractivity contribution in [3.8, 4) is 5.75 Å². The highest BCUT2D eigenvalue weighted by Crippen LogP contribution is 2.36. The van der Waals surface area contributed by atoms with E-state index in [1.165, 1.54) is 0 Å². The van der Waals surface area contributed by atoms with Gasteiger partial charge in [0.2, 0.25) is 11.8 Å². The summed E-state index contributed by atoms with van der Waals surface area (Å²) in [6, 6.07) is 5.78. The number of anilines is 1. The fraction of sp³-hybridized carbons (Fsp3) is 0.500. The Balaban J connectivity index is 1.85. The molecule has 0 aromatic heterocycles. The quantitative estimate of drug-likeness (QED) is 0.863. The minimum atomic E-state index is -0.513. The van der Waals surface area contributed by atoms with Crippen LogP contribution < -0.4 is 15.0 Å². The number of amidine groups is 1. The van der Waals surface area contributed by atoms with E-state index in [9.17, 15) is 9.59 Å². The molecule has 0 spiro atoms. The number of ether oxygens (including phenoxy) is 1. The van der Waals surface area contributed by atoms with E-state index in [0.717, 1.165) is 35.2 Å². The molecule has 2 aliphatic heterocycles. The Morgan fingerprint density at radius 2 is 2.24 bits per heavy atom. The van der Waals surface area contributed by atoms with Crippen LogP contribution in [0.2, 0.25) is 0 Å². The van der Waals surface area contributed by atoms with E-state index in [2.05, 4.69) is 19.2 Å². The van der Waals surface area contributed by atoms with Crippen molar-refractivity contribution in [2.45, 2.75) is 31.9 Å². The lowest BCUT2D eigenvalue weighted by Crippen LogP contribution is -2.43. The van der Waals surface area contributed by atoms with Crippen LogP contribution in [0.1, 0.15) is 25.8 Å². The van der Waals surface area contributed by atoms with E-state index >= 15 is 0 Å². The zero-order valence-corrected chi connectivity index (χ0v) is 15.5. The van der Waals surface area contributed by atoms with E-state index in [4.69, 9.17) is 10.1 Å². The summed E-state index contributed by atoms with van der Waals surface area (Å²) < 4.78 is 5.32. The van der Waals surface area contributed by atoms with Gasteiger partial charge in [-0.15, -0.1) is 0 Å². The molecule has 0 saturated carbocycles. The van der Waals surface area contributed by atoms with Crippen LogP contribution in [0.3, 0.4) is 0 Å². The van der Waals surface area contributed by atoms with Crippen LogP contribution >= 0.6 is 11.8 Å². The van der Waals surface area contributed by atoms with Crippen LogP contribution in [0.25, 0.3) is 0 Å². The first-order valence-electron chi connectivity index (χ1n) is 8.42. The zero-order valence-electron chi connectivity index (χ0n) is 14.7. The van der Waals surface area contributed by atoms with Crippen molar-refractivity contribution in [3.63, 3.8) is 0 Å². The van der Waals surface area contributed by atoms with Crippen molar-refractivity contribution in [1.82, 2.24) is 5.32 Å². The Labute approximate surface area is 151 Å². The van der Waals surface area contributed by atoms with Crippen molar-refractivity contribution in [2.24, 2.45) is 11.8 Å². The fourth-order valence-corrected chi connectivity index (χ4v) is 4.13. The molecule has 2 amide bonds. The average Bonchev–Trinajstić information content (AvgIpc) is 2.90. The Hall–Kier alpha value is -2.02. The molecule has 1 aromatic rings. The monoisotopic (exact) mass is 361 g/mol. The van der Waals surface area contributed by atoms with Gasteiger partial charge in [-0.05, 0) is 42.0 Å². The minimum absolute atomic E-state index is 0.0703. The fourth-order valence-electron chi connectivity index (χ4n) is 3.30. The number of hydrogen-bond acceptors (Lipinski definition) is 5. The second-order valence-electron chi connectivity index (χ2n) is 6.84. The lowest BCUT2D eigenvalue weighted by molar-refractivity contribution is -0.123. The van der Waals surface area contributed by atoms with Crippen LogP contribution in [-0.2, 0) is 16.0 Å². The molecule has 0 aliphatic carbocycles. The summed E-state index contributed by atoms with van der Waals surface area (Å²) in [4.78, 5) is 26.6. The average molecular weight is 361 g/mol. The van der Waals surface area contributed by atoms with Crippen molar-refractivity contribution in [3.05, 3.63) is 23.8 Å². The summed E-state index contributed by atoms with van der Waals surface area (Å²) in [5.74, 6) is 1.28. The molecule has 2 aliphatic rings. The van der Waals surface area contributed by atoms with E-state index in [1.807, 2.05) is 18.2 Å². The molecule has 0 bridgehead atoms. The molecule has 2 N–H and O–H groups in total. The van der Waals surface area contributed by atoms with Crippen LogP contribution in [0.4, 0.5) is 5.69 Å². The number of nitrogens with one attached hydrogen (secondary N) is 2. The van der Waals surface area contributed by atoms with E-state index < -0.39 is 5.25 Å². The molecule has 2 heterocycles. The number of amides is 2. The summed E-state index contributed by atoms with van der Waals surface area (Å²) in [5, 5.41) is 9.60. The number of thioether (sulfide) groups is 1. The third kappa shape index (κ3) is 3.66. The van der Waals surface area contributed by atoms with E-state index in [1.54, 1.807) is 12.0 Å². The number of benzene rings is 1. The van der Waals surface area contributed by atoms with Crippen molar-refractivity contribution >= 4 is 34.4 Å². The smallest absolute Gasteiger partial charge is 0.240 e. The molecule has 1 aromatic carbocycles. The number of carbonyl (C=O) groups excluding carboxylic acids is 2. The second-order valence-corrected chi connectivity index (χ2v) is 8.05. The highest BCUT2D eigenvalue weighted by molar-refractivity contribution is 8.15. The van der Waals surface area contributed by atoms with Crippen molar-refractivity contribution < 1.29 is 14.3 Å². The molecule has 1 saturated heterocycles. The van der Waals surface area contributed by atoms with Crippen LogP contribution in [-0.4, -0.2) is 35.9 Å². The number of fused-ring (bicyclic) bond motifs is 1. The minimum Gasteiger partial charge on any atom is -0.497 e. The maximum atomic E-state index is 12.9. The summed E-state index contributed by atoms with van der Waals surface area (Å²) in [6.07, 6.45) is 1.02. The Morgan fingerprint density at radius 3 is 2.84 bits per heavy atom. The van der Waals surface area contributed by atoms with Gasteiger partial charge in [0.1, 0.15) is 11.0 Å². The van der Waals surface area contributed by atoms with Gasteiger partial charge in [0.15, 0.2) is 5.17 Å². The highest BCUT2D eigenvalue weighted by Gasteiger charge is 2.35. The first-order valence-corrected chi connectivity index (χ1v) is 9.30. The molecule has 134 valence electrons. The first kappa shape index (κ1) is 17.8. The summed E-state index contributed by atoms with van der Waals surface area (Å²) in [6.45, 7) is 4.99. The molecule has 0 radical (unpaired) electrons. The van der Waals surface area contributed by atoms with E-state index in [0.29, 0.717) is 18.4 Å². The topological polar surface area (TPSA) is 82.5 Å². The number of methoxy groups -OCH3 is 1. The summed E-state index contributed by atoms with van der Waals surface area (Å²) in [7, 11) is 1.64. The van der Waals surface area contributed by atoms with Crippen molar-refractivity contribution in [2.75, 3.05) is 18.6 Å². The van der Waals surface area contributed by atoms with Gasteiger partial charge in [-0.25, -0.2) is 0 Å². The lowest BCUT2D eigenvalue weighted by atomic mass is 9.84. The molecular weight excluding hydrogens is 338 g/mol. The van der Waals surface area contributed by atoms with Crippen LogP contribution in [0.5, 0.6) is 5.75 Å². The predicted octanol–water partition coefficient (Wildman–Crippen LogP) is 2.41. The Kier molecular flexibility index (Phi) is 5.03. The number of rotatable bonds is 4. The van der Waals surface area contributed by atoms with Gasteiger partial charge in [-0.3, -0.25) is 15.0 Å². The molecule has 25 heavy (non-hydrogen) atoms. The highest BCUT2D eigenvalue weighted by atomic mass is 32.2. The molecule has 2 unspecified atom stereocenters. The van der Waals surface area contributed by atoms with Gasteiger partial charge in [-0.1, -0.05) is 25.6 Å². The SMILES string of the molecule is COc1ccc2c(c1)CC(C(C)C)CN2C(=O)CC1SC(=N)NC1=O. The Bertz CT molecular complexity index is 720. The third-order valence-electron chi connectivity index (χ3n) is 4.87. The van der Waals surface area contributed by atoms with Gasteiger partial charge in [0.05, 0.1) is 7.11 Å². The normalized spacial score (nSPS) is 22.8. The predicted molar refractivity (Wildman–Crippen MR) is 99.2 cm³/mol. The molecule has 1 fully saturated rings. The molecule has 6 nitrogen and oxygen atoms in total.